The van der Waals surface area contributed by atoms with Crippen molar-refractivity contribution in [2.24, 2.45) is 0 Å². The number of hydrogen-bond donors (Lipinski definition) is 0. The van der Waals surface area contributed by atoms with Crippen molar-refractivity contribution in [2.75, 3.05) is 7.11 Å². The molecule has 0 N–H and O–H groups in total. The third-order valence-corrected chi connectivity index (χ3v) is 6.06. The molecule has 0 fully saturated rings. The van der Waals surface area contributed by atoms with Crippen LogP contribution in [0.5, 0.6) is 5.75 Å². The quantitative estimate of drug-likeness (QED) is 0.257. The first-order valence-electron chi connectivity index (χ1n) is 11.1. The van der Waals surface area contributed by atoms with Crippen LogP contribution < -0.4 is 4.74 Å². The molecule has 2 aromatic carbocycles. The number of aryl methyl sites for hydroxylation is 1. The Hall–Kier alpha value is -4.21. The van der Waals surface area contributed by atoms with Crippen molar-refractivity contribution in [1.82, 2.24) is 24.3 Å². The van der Waals surface area contributed by atoms with Crippen molar-refractivity contribution in [1.29, 1.82) is 0 Å². The zero-order valence-electron chi connectivity index (χ0n) is 19.6. The zero-order chi connectivity index (χ0) is 25.6. The van der Waals surface area contributed by atoms with Crippen LogP contribution >= 0.6 is 0 Å². The number of halogens is 4. The lowest BCUT2D eigenvalue weighted by atomic mass is 10.0. The Morgan fingerprint density at radius 3 is 2.31 bits per heavy atom. The van der Waals surface area contributed by atoms with Crippen molar-refractivity contribution in [3.63, 3.8) is 0 Å². The molecule has 1 aromatic heterocycles. The number of alkyl halides is 2. The van der Waals surface area contributed by atoms with Gasteiger partial charge in [0.05, 0.1) is 30.9 Å². The molecule has 0 amide bonds. The number of pyridine rings is 1. The summed E-state index contributed by atoms with van der Waals surface area (Å²) in [6, 6.07) is 9.10. The molecular weight excluding hydrogens is 474 g/mol. The maximum atomic E-state index is 13.9. The average Bonchev–Trinajstić information content (AvgIpc) is 3.48. The van der Waals surface area contributed by atoms with E-state index < -0.39 is 24.1 Å². The maximum Gasteiger partial charge on any atom is 0.265 e. The Balaban J connectivity index is 1.62. The minimum Gasteiger partial charge on any atom is -0.495 e. The molecule has 10 heteroatoms. The van der Waals surface area contributed by atoms with Gasteiger partial charge in [-0.3, -0.25) is 0 Å². The fourth-order valence-corrected chi connectivity index (χ4v) is 4.26. The van der Waals surface area contributed by atoms with E-state index in [9.17, 15) is 17.6 Å². The van der Waals surface area contributed by atoms with Crippen LogP contribution in [0.1, 0.15) is 36.2 Å². The Labute approximate surface area is 204 Å². The Bertz CT molecular complexity index is 1510. The van der Waals surface area contributed by atoms with Crippen molar-refractivity contribution in [2.45, 2.75) is 26.3 Å². The monoisotopic (exact) mass is 495 g/mol. The van der Waals surface area contributed by atoms with Gasteiger partial charge in [0.15, 0.2) is 5.82 Å². The molecular formula is C26H21F4N5O. The van der Waals surface area contributed by atoms with E-state index in [2.05, 4.69) is 15.2 Å². The SMILES string of the molecule is COc1cc(-c2nnc3n(C(C)c4cc(F)cc(F)c4)cc(C(F)F)cc2-3)ccc1-n1cnc(C)c1. The summed E-state index contributed by atoms with van der Waals surface area (Å²) >= 11 is 0. The highest BCUT2D eigenvalue weighted by Gasteiger charge is 2.25. The van der Waals surface area contributed by atoms with Crippen LogP contribution in [-0.2, 0) is 0 Å². The van der Waals surface area contributed by atoms with Crippen molar-refractivity contribution in [3.8, 4) is 34.1 Å². The highest BCUT2D eigenvalue weighted by atomic mass is 19.3. The third-order valence-electron chi connectivity index (χ3n) is 6.06. The molecule has 2 aliphatic heterocycles. The fourth-order valence-electron chi connectivity index (χ4n) is 4.26. The largest absolute Gasteiger partial charge is 0.495 e. The van der Waals surface area contributed by atoms with Crippen LogP contribution in [0.25, 0.3) is 28.3 Å². The number of benzene rings is 2. The average molecular weight is 495 g/mol. The minimum absolute atomic E-state index is 0.264. The number of methoxy groups -OCH3 is 1. The van der Waals surface area contributed by atoms with Crippen molar-refractivity contribution >= 4 is 0 Å². The highest BCUT2D eigenvalue weighted by Crippen LogP contribution is 2.39. The summed E-state index contributed by atoms with van der Waals surface area (Å²) < 4.78 is 64.3. The first-order chi connectivity index (χ1) is 17.2. The van der Waals surface area contributed by atoms with Crippen LogP contribution in [0.4, 0.5) is 17.6 Å². The molecule has 0 saturated carbocycles. The summed E-state index contributed by atoms with van der Waals surface area (Å²) in [5, 5.41) is 8.53. The number of ether oxygens (including phenoxy) is 1. The van der Waals surface area contributed by atoms with Crippen LogP contribution in [0.2, 0.25) is 0 Å². The normalized spacial score (nSPS) is 12.4. The molecule has 0 aliphatic carbocycles. The first-order valence-corrected chi connectivity index (χ1v) is 11.1. The Morgan fingerprint density at radius 2 is 1.67 bits per heavy atom. The summed E-state index contributed by atoms with van der Waals surface area (Å²) in [6.45, 7) is 3.53. The summed E-state index contributed by atoms with van der Waals surface area (Å²) in [5.74, 6) is -0.677. The summed E-state index contributed by atoms with van der Waals surface area (Å²) in [7, 11) is 1.53. The van der Waals surface area contributed by atoms with E-state index in [0.29, 0.717) is 28.4 Å². The second kappa shape index (κ2) is 9.10. The van der Waals surface area contributed by atoms with Gasteiger partial charge in [0, 0.05) is 35.2 Å². The molecule has 0 bridgehead atoms. The number of hydrogen-bond acceptors (Lipinski definition) is 4. The second-order valence-electron chi connectivity index (χ2n) is 8.45. The van der Waals surface area contributed by atoms with Crippen LogP contribution in [0, 0.1) is 18.6 Å². The van der Waals surface area contributed by atoms with Crippen molar-refractivity contribution < 1.29 is 22.3 Å². The smallest absolute Gasteiger partial charge is 0.265 e. The summed E-state index contributed by atoms with van der Waals surface area (Å²) in [6.07, 6.45) is 1.98. The van der Waals surface area contributed by atoms with E-state index in [1.165, 1.54) is 36.1 Å². The van der Waals surface area contributed by atoms with Gasteiger partial charge in [0.25, 0.3) is 6.43 Å². The molecule has 184 valence electrons. The molecule has 6 nitrogen and oxygen atoms in total. The van der Waals surface area contributed by atoms with E-state index in [1.54, 1.807) is 25.4 Å². The summed E-state index contributed by atoms with van der Waals surface area (Å²) in [4.78, 5) is 4.23. The minimum atomic E-state index is -2.78. The molecule has 0 radical (unpaired) electrons. The van der Waals surface area contributed by atoms with Gasteiger partial charge in [-0.05, 0) is 49.7 Å². The molecule has 36 heavy (non-hydrogen) atoms. The van der Waals surface area contributed by atoms with Gasteiger partial charge in [0.1, 0.15) is 23.1 Å². The third kappa shape index (κ3) is 4.19. The standard InChI is InChI=1S/C26H21F4N5O/c1-14-11-34(13-31-14)22-5-4-16(9-23(22)36-3)24-21-8-18(25(29)30)12-35(26(21)33-32-24)15(2)17-6-19(27)10-20(28)7-17/h4-13,15,25H,1-3H3. The molecule has 1 unspecified atom stereocenters. The number of rotatable bonds is 6. The van der Waals surface area contributed by atoms with E-state index >= 15 is 0 Å². The molecule has 3 aromatic rings. The summed E-state index contributed by atoms with van der Waals surface area (Å²) in [5.41, 5.74) is 2.96. The van der Waals surface area contributed by atoms with E-state index in [0.717, 1.165) is 17.4 Å². The molecule has 2 aliphatic rings. The Morgan fingerprint density at radius 1 is 0.917 bits per heavy atom. The van der Waals surface area contributed by atoms with Crippen LogP contribution in [0.3, 0.4) is 0 Å². The van der Waals surface area contributed by atoms with Crippen molar-refractivity contribution in [3.05, 3.63) is 89.6 Å². The fraction of sp³-hybridized carbons (Fsp3) is 0.192. The van der Waals surface area contributed by atoms with Gasteiger partial charge < -0.3 is 13.9 Å². The predicted molar refractivity (Wildman–Crippen MR) is 126 cm³/mol. The first kappa shape index (κ1) is 23.5. The van der Waals surface area contributed by atoms with Gasteiger partial charge in [-0.1, -0.05) is 6.07 Å². The van der Waals surface area contributed by atoms with Gasteiger partial charge in [-0.15, -0.1) is 10.2 Å². The number of imidazole rings is 1. The second-order valence-corrected chi connectivity index (χ2v) is 8.45. The Kier molecular flexibility index (Phi) is 5.95. The predicted octanol–water partition coefficient (Wildman–Crippen LogP) is 6.38. The number of fused-ring (bicyclic) bond motifs is 1. The lowest BCUT2D eigenvalue weighted by Gasteiger charge is -2.21. The van der Waals surface area contributed by atoms with E-state index in [1.807, 2.05) is 23.8 Å². The van der Waals surface area contributed by atoms with Gasteiger partial charge >= 0.3 is 0 Å². The maximum absolute atomic E-state index is 13.9. The van der Waals surface area contributed by atoms with Crippen LogP contribution in [0.15, 0.2) is 61.2 Å². The zero-order valence-corrected chi connectivity index (χ0v) is 19.6. The van der Waals surface area contributed by atoms with Gasteiger partial charge in [0.2, 0.25) is 0 Å². The van der Waals surface area contributed by atoms with Crippen LogP contribution in [-0.4, -0.2) is 31.4 Å². The van der Waals surface area contributed by atoms with E-state index in [-0.39, 0.29) is 11.1 Å². The lowest BCUT2D eigenvalue weighted by Crippen LogP contribution is -2.13. The topological polar surface area (TPSA) is 57.8 Å². The van der Waals surface area contributed by atoms with Gasteiger partial charge in [-0.2, -0.15) is 0 Å². The molecule has 1 atom stereocenters. The van der Waals surface area contributed by atoms with E-state index in [4.69, 9.17) is 4.74 Å². The molecule has 3 heterocycles. The molecule has 0 saturated heterocycles. The molecule has 0 spiro atoms. The lowest BCUT2D eigenvalue weighted by molar-refractivity contribution is 0.150. The van der Waals surface area contributed by atoms with Gasteiger partial charge in [-0.25, -0.2) is 22.5 Å². The number of aromatic nitrogens is 5. The highest BCUT2D eigenvalue weighted by molar-refractivity contribution is 5.80. The molecule has 5 rings (SSSR count). The number of nitrogens with zero attached hydrogens (tertiary/aromatic N) is 5.